The van der Waals surface area contributed by atoms with Gasteiger partial charge in [0.1, 0.15) is 0 Å². The van der Waals surface area contributed by atoms with Crippen LogP contribution in [0.15, 0.2) is 85.0 Å². The third-order valence-corrected chi connectivity index (χ3v) is 3.36. The van der Waals surface area contributed by atoms with Crippen molar-refractivity contribution >= 4 is 23.6 Å². The molecule has 2 aromatic carbocycles. The first-order valence-electron chi connectivity index (χ1n) is 8.17. The molecule has 6 heteroatoms. The highest BCUT2D eigenvalue weighted by Gasteiger charge is 2.07. The number of imide groups is 2. The van der Waals surface area contributed by atoms with Crippen LogP contribution < -0.4 is 10.6 Å². The number of rotatable bonds is 2. The number of benzene rings is 2. The molecule has 144 valence electrons. The first-order chi connectivity index (χ1) is 13.0. The fraction of sp³-hybridized carbons (Fsp3) is 0.0909. The van der Waals surface area contributed by atoms with Gasteiger partial charge in [-0.15, -0.1) is 0 Å². The molecule has 0 aliphatic carbocycles. The molecule has 0 saturated heterocycles. The molecule has 0 bridgehead atoms. The number of hydrogen-bond acceptors (Lipinski definition) is 4. The maximum Gasteiger partial charge on any atom is 0.250 e. The van der Waals surface area contributed by atoms with Crippen LogP contribution in [0, 0.1) is 0 Å². The van der Waals surface area contributed by atoms with E-state index in [0.29, 0.717) is 0 Å². The molecular weight excluding hydrogens is 356 g/mol. The van der Waals surface area contributed by atoms with Crippen molar-refractivity contribution in [1.29, 1.82) is 0 Å². The molecule has 0 radical (unpaired) electrons. The first kappa shape index (κ1) is 22.2. The van der Waals surface area contributed by atoms with Crippen molar-refractivity contribution in [3.8, 4) is 0 Å². The van der Waals surface area contributed by atoms with Crippen LogP contribution in [0.4, 0.5) is 0 Å². The predicted molar refractivity (Wildman–Crippen MR) is 107 cm³/mol. The normalized spacial score (nSPS) is 13.4. The molecule has 28 heavy (non-hydrogen) atoms. The second kappa shape index (κ2) is 11.7. The fourth-order valence-electron chi connectivity index (χ4n) is 2.14. The zero-order valence-electron chi connectivity index (χ0n) is 14.4. The number of hydrogen-bond donors (Lipinski definition) is 2. The van der Waals surface area contributed by atoms with Gasteiger partial charge >= 0.3 is 0 Å². The van der Waals surface area contributed by atoms with Gasteiger partial charge in [0.25, 0.3) is 23.6 Å². The molecule has 6 nitrogen and oxygen atoms in total. The molecular formula is C22H22N2O4. The molecule has 0 atom stereocenters. The van der Waals surface area contributed by atoms with E-state index >= 15 is 0 Å². The summed E-state index contributed by atoms with van der Waals surface area (Å²) in [6.45, 7) is 0. The summed E-state index contributed by atoms with van der Waals surface area (Å²) in [6.07, 6.45) is 5.82. The lowest BCUT2D eigenvalue weighted by Gasteiger charge is -2.00. The summed E-state index contributed by atoms with van der Waals surface area (Å²) in [4.78, 5) is 40.1. The second-order valence-electron chi connectivity index (χ2n) is 5.52. The summed E-state index contributed by atoms with van der Waals surface area (Å²) < 4.78 is 0. The summed E-state index contributed by atoms with van der Waals surface area (Å²) in [6, 6.07) is 21.1. The Bertz CT molecular complexity index is 766. The largest absolute Gasteiger partial charge is 0.289 e. The van der Waals surface area contributed by atoms with E-state index in [1.165, 1.54) is 35.4 Å². The lowest BCUT2D eigenvalue weighted by atomic mass is 10.1. The van der Waals surface area contributed by atoms with Crippen molar-refractivity contribution in [1.82, 2.24) is 10.6 Å². The summed E-state index contributed by atoms with van der Waals surface area (Å²) in [5, 5.41) is 4.06. The van der Waals surface area contributed by atoms with Crippen LogP contribution >= 0.6 is 0 Å². The second-order valence-corrected chi connectivity index (χ2v) is 5.52. The molecule has 2 aliphatic rings. The van der Waals surface area contributed by atoms with Gasteiger partial charge in [-0.2, -0.15) is 0 Å². The smallest absolute Gasteiger partial charge is 0.250 e. The SMILES string of the molecule is C.O=C1C=CC(=O)N1.O=C1C=CC(=O)N1.c1ccc(Cc2ccccc2)cc1. The van der Waals surface area contributed by atoms with Crippen LogP contribution in [-0.2, 0) is 25.6 Å². The fourth-order valence-corrected chi connectivity index (χ4v) is 2.14. The van der Waals surface area contributed by atoms with E-state index in [2.05, 4.69) is 60.7 Å². The van der Waals surface area contributed by atoms with Crippen molar-refractivity contribution in [3.63, 3.8) is 0 Å². The zero-order chi connectivity index (χ0) is 19.5. The standard InChI is InChI=1S/C13H12.2C4H3NO2.CH4/c1-3-7-12(8-4-1)11-13-9-5-2-6-10-13;2*6-3-1-2-4(7)5-3;/h1-10H,11H2;2*1-2H,(H,5,6,7);1H4. The topological polar surface area (TPSA) is 92.3 Å². The van der Waals surface area contributed by atoms with Crippen molar-refractivity contribution in [2.45, 2.75) is 13.8 Å². The van der Waals surface area contributed by atoms with Crippen molar-refractivity contribution < 1.29 is 19.2 Å². The van der Waals surface area contributed by atoms with Gasteiger partial charge in [0.2, 0.25) is 0 Å². The Morgan fingerprint density at radius 3 is 1.00 bits per heavy atom. The molecule has 2 aromatic rings. The minimum atomic E-state index is -0.329. The van der Waals surface area contributed by atoms with Crippen LogP contribution in [0.3, 0.4) is 0 Å². The zero-order valence-corrected chi connectivity index (χ0v) is 14.4. The Morgan fingerprint density at radius 1 is 0.500 bits per heavy atom. The number of nitrogens with one attached hydrogen (secondary N) is 2. The van der Waals surface area contributed by atoms with E-state index in [-0.39, 0.29) is 31.1 Å². The summed E-state index contributed by atoms with van der Waals surface area (Å²) in [5.74, 6) is -1.31. The van der Waals surface area contributed by atoms with Gasteiger partial charge in [-0.3, -0.25) is 29.8 Å². The van der Waals surface area contributed by atoms with Crippen LogP contribution in [0.2, 0.25) is 0 Å². The molecule has 2 N–H and O–H groups in total. The minimum absolute atomic E-state index is 0. The molecule has 0 saturated carbocycles. The number of carbonyl (C=O) groups is 4. The van der Waals surface area contributed by atoms with E-state index in [1.54, 1.807) is 0 Å². The number of amides is 4. The van der Waals surface area contributed by atoms with Crippen LogP contribution in [0.5, 0.6) is 0 Å². The summed E-state index contributed by atoms with van der Waals surface area (Å²) >= 11 is 0. The monoisotopic (exact) mass is 378 g/mol. The Hall–Kier alpha value is -3.80. The lowest BCUT2D eigenvalue weighted by Crippen LogP contribution is -2.19. The third-order valence-electron chi connectivity index (χ3n) is 3.36. The summed E-state index contributed by atoms with van der Waals surface area (Å²) in [7, 11) is 0. The van der Waals surface area contributed by atoms with Gasteiger partial charge in [0, 0.05) is 24.3 Å². The van der Waals surface area contributed by atoms with Crippen molar-refractivity contribution in [2.75, 3.05) is 0 Å². The maximum atomic E-state index is 10.0. The summed E-state index contributed by atoms with van der Waals surface area (Å²) in [5.41, 5.74) is 2.74. The molecule has 0 spiro atoms. The number of carbonyl (C=O) groups excluding carboxylic acids is 4. The van der Waals surface area contributed by atoms with E-state index in [1.807, 2.05) is 10.6 Å². The van der Waals surface area contributed by atoms with Crippen LogP contribution in [0.25, 0.3) is 0 Å². The predicted octanol–water partition coefficient (Wildman–Crippen LogP) is 2.31. The Kier molecular flexibility index (Phi) is 9.33. The third kappa shape index (κ3) is 8.53. The van der Waals surface area contributed by atoms with E-state index in [0.717, 1.165) is 6.42 Å². The van der Waals surface area contributed by atoms with Gasteiger partial charge < -0.3 is 0 Å². The quantitative estimate of drug-likeness (QED) is 0.785. The Balaban J connectivity index is 0.000000224. The molecule has 2 heterocycles. The van der Waals surface area contributed by atoms with Gasteiger partial charge in [-0.25, -0.2) is 0 Å². The minimum Gasteiger partial charge on any atom is -0.289 e. The molecule has 0 unspecified atom stereocenters. The van der Waals surface area contributed by atoms with Crippen LogP contribution in [0.1, 0.15) is 18.6 Å². The Morgan fingerprint density at radius 2 is 0.786 bits per heavy atom. The highest BCUT2D eigenvalue weighted by atomic mass is 16.2. The Labute approximate surface area is 164 Å². The highest BCUT2D eigenvalue weighted by Crippen LogP contribution is 2.07. The van der Waals surface area contributed by atoms with Gasteiger partial charge in [0.15, 0.2) is 0 Å². The average Bonchev–Trinajstić information content (AvgIpc) is 3.24. The van der Waals surface area contributed by atoms with E-state index < -0.39 is 0 Å². The molecule has 4 rings (SSSR count). The van der Waals surface area contributed by atoms with Gasteiger partial charge in [-0.1, -0.05) is 68.1 Å². The highest BCUT2D eigenvalue weighted by molar-refractivity contribution is 6.13. The molecule has 2 aliphatic heterocycles. The van der Waals surface area contributed by atoms with E-state index in [4.69, 9.17) is 0 Å². The molecule has 0 fully saturated rings. The molecule has 0 aromatic heterocycles. The van der Waals surface area contributed by atoms with Gasteiger partial charge in [-0.05, 0) is 17.5 Å². The lowest BCUT2D eigenvalue weighted by molar-refractivity contribution is -0.125. The first-order valence-corrected chi connectivity index (χ1v) is 8.17. The van der Waals surface area contributed by atoms with Crippen LogP contribution in [-0.4, -0.2) is 23.6 Å². The maximum absolute atomic E-state index is 10.0. The average molecular weight is 378 g/mol. The van der Waals surface area contributed by atoms with Crippen molar-refractivity contribution in [3.05, 3.63) is 96.1 Å². The van der Waals surface area contributed by atoms with Crippen molar-refractivity contribution in [2.24, 2.45) is 0 Å². The molecule has 4 amide bonds. The van der Waals surface area contributed by atoms with E-state index in [9.17, 15) is 19.2 Å². The van der Waals surface area contributed by atoms with Gasteiger partial charge in [0.05, 0.1) is 0 Å².